The topological polar surface area (TPSA) is 63.1 Å². The smallest absolute Gasteiger partial charge is 0.290 e. The van der Waals surface area contributed by atoms with E-state index in [9.17, 15) is 9.18 Å². The van der Waals surface area contributed by atoms with Crippen LogP contribution in [0.25, 0.3) is 5.69 Å². The number of rotatable bonds is 6. The summed E-state index contributed by atoms with van der Waals surface area (Å²) in [5.74, 6) is 1.61. The average molecular weight is 373 g/mol. The summed E-state index contributed by atoms with van der Waals surface area (Å²) in [7, 11) is 0. The molecule has 1 aromatic carbocycles. The van der Waals surface area contributed by atoms with E-state index in [1.807, 2.05) is 0 Å². The van der Waals surface area contributed by atoms with Gasteiger partial charge in [0.15, 0.2) is 0 Å². The molecular formula is C20H28FN5O. The van der Waals surface area contributed by atoms with Gasteiger partial charge in [0.1, 0.15) is 11.6 Å². The van der Waals surface area contributed by atoms with E-state index in [0.29, 0.717) is 18.1 Å². The van der Waals surface area contributed by atoms with Crippen LogP contribution in [-0.4, -0.2) is 51.8 Å². The quantitative estimate of drug-likeness (QED) is 0.791. The monoisotopic (exact) mass is 373 g/mol. The highest BCUT2D eigenvalue weighted by atomic mass is 19.1. The summed E-state index contributed by atoms with van der Waals surface area (Å²) in [6, 6.07) is 5.94. The first-order chi connectivity index (χ1) is 12.9. The molecule has 6 nitrogen and oxygen atoms in total. The minimum Gasteiger partial charge on any atom is -0.349 e. The van der Waals surface area contributed by atoms with Gasteiger partial charge in [-0.15, -0.1) is 5.10 Å². The van der Waals surface area contributed by atoms with Crippen LogP contribution in [-0.2, 0) is 0 Å². The van der Waals surface area contributed by atoms with Crippen molar-refractivity contribution in [1.82, 2.24) is 25.0 Å². The molecule has 0 saturated carbocycles. The van der Waals surface area contributed by atoms with E-state index in [4.69, 9.17) is 0 Å². The number of hydrogen-bond donors (Lipinski definition) is 1. The second-order valence-corrected chi connectivity index (χ2v) is 7.69. The van der Waals surface area contributed by atoms with Crippen molar-refractivity contribution in [3.05, 3.63) is 41.7 Å². The Labute approximate surface area is 159 Å². The average Bonchev–Trinajstić information content (AvgIpc) is 3.00. The molecule has 1 aliphatic heterocycles. The Balaban J connectivity index is 1.50. The lowest BCUT2D eigenvalue weighted by molar-refractivity contribution is 0.0937. The largest absolute Gasteiger partial charge is 0.349 e. The van der Waals surface area contributed by atoms with Gasteiger partial charge in [-0.05, 0) is 62.4 Å². The van der Waals surface area contributed by atoms with Crippen LogP contribution in [0.15, 0.2) is 24.3 Å². The second kappa shape index (κ2) is 8.61. The fourth-order valence-corrected chi connectivity index (χ4v) is 3.87. The highest BCUT2D eigenvalue weighted by Crippen LogP contribution is 2.20. The number of halogens is 1. The third kappa shape index (κ3) is 5.13. The molecule has 1 aliphatic rings. The van der Waals surface area contributed by atoms with Gasteiger partial charge in [-0.2, -0.15) is 0 Å². The Hall–Kier alpha value is -2.28. The first-order valence-corrected chi connectivity index (χ1v) is 9.62. The number of likely N-dealkylation sites (tertiary alicyclic amines) is 1. The Morgan fingerprint density at radius 3 is 2.56 bits per heavy atom. The van der Waals surface area contributed by atoms with Gasteiger partial charge in [-0.1, -0.05) is 13.8 Å². The Morgan fingerprint density at radius 1 is 1.22 bits per heavy atom. The Morgan fingerprint density at radius 2 is 1.89 bits per heavy atom. The van der Waals surface area contributed by atoms with E-state index in [1.165, 1.54) is 18.6 Å². The van der Waals surface area contributed by atoms with Crippen LogP contribution in [0.1, 0.15) is 43.1 Å². The van der Waals surface area contributed by atoms with E-state index >= 15 is 0 Å². The predicted octanol–water partition coefficient (Wildman–Crippen LogP) is 2.81. The van der Waals surface area contributed by atoms with Gasteiger partial charge in [0.2, 0.25) is 5.82 Å². The van der Waals surface area contributed by atoms with Gasteiger partial charge < -0.3 is 10.2 Å². The zero-order chi connectivity index (χ0) is 19.4. The van der Waals surface area contributed by atoms with Crippen molar-refractivity contribution in [2.75, 3.05) is 26.2 Å². The number of nitrogens with one attached hydrogen (secondary N) is 1. The normalized spacial score (nSPS) is 20.6. The first-order valence-electron chi connectivity index (χ1n) is 9.62. The van der Waals surface area contributed by atoms with Crippen LogP contribution in [0.2, 0.25) is 0 Å². The summed E-state index contributed by atoms with van der Waals surface area (Å²) in [6.45, 7) is 10.2. The molecule has 3 rings (SSSR count). The van der Waals surface area contributed by atoms with Crippen LogP contribution in [0.4, 0.5) is 4.39 Å². The number of nitrogens with zero attached hydrogens (tertiary/aromatic N) is 4. The summed E-state index contributed by atoms with van der Waals surface area (Å²) in [6.07, 6.45) is 2.21. The van der Waals surface area contributed by atoms with Crippen LogP contribution < -0.4 is 5.32 Å². The van der Waals surface area contributed by atoms with Gasteiger partial charge in [0.25, 0.3) is 5.91 Å². The van der Waals surface area contributed by atoms with Gasteiger partial charge in [-0.3, -0.25) is 4.79 Å². The van der Waals surface area contributed by atoms with Crippen LogP contribution in [0, 0.1) is 24.6 Å². The molecule has 0 bridgehead atoms. The lowest BCUT2D eigenvalue weighted by Crippen LogP contribution is -2.40. The highest BCUT2D eigenvalue weighted by Gasteiger charge is 2.21. The van der Waals surface area contributed by atoms with E-state index in [2.05, 4.69) is 34.1 Å². The van der Waals surface area contributed by atoms with Gasteiger partial charge in [0.05, 0.1) is 5.69 Å². The van der Waals surface area contributed by atoms with Crippen LogP contribution >= 0.6 is 0 Å². The van der Waals surface area contributed by atoms with Gasteiger partial charge >= 0.3 is 0 Å². The van der Waals surface area contributed by atoms with Crippen LogP contribution in [0.3, 0.4) is 0 Å². The lowest BCUT2D eigenvalue weighted by Gasteiger charge is -2.34. The first kappa shape index (κ1) is 19.5. The number of aryl methyl sites for hydroxylation is 1. The molecule has 1 fully saturated rings. The molecule has 146 valence electrons. The van der Waals surface area contributed by atoms with E-state index < -0.39 is 0 Å². The highest BCUT2D eigenvalue weighted by molar-refractivity contribution is 5.90. The van der Waals surface area contributed by atoms with E-state index in [-0.39, 0.29) is 17.5 Å². The number of aromatic nitrogens is 3. The van der Waals surface area contributed by atoms with Crippen molar-refractivity contribution >= 4 is 5.91 Å². The molecule has 7 heteroatoms. The molecule has 2 atom stereocenters. The van der Waals surface area contributed by atoms with E-state index in [1.54, 1.807) is 23.7 Å². The fraction of sp³-hybridized carbons (Fsp3) is 0.550. The third-order valence-electron chi connectivity index (χ3n) is 4.92. The molecule has 1 saturated heterocycles. The molecule has 2 aromatic rings. The second-order valence-electron chi connectivity index (χ2n) is 7.69. The van der Waals surface area contributed by atoms with E-state index in [0.717, 1.165) is 37.9 Å². The van der Waals surface area contributed by atoms with Gasteiger partial charge in [-0.25, -0.2) is 14.1 Å². The van der Waals surface area contributed by atoms with Gasteiger partial charge in [0, 0.05) is 19.6 Å². The summed E-state index contributed by atoms with van der Waals surface area (Å²) >= 11 is 0. The zero-order valence-corrected chi connectivity index (χ0v) is 16.3. The van der Waals surface area contributed by atoms with Crippen LogP contribution in [0.5, 0.6) is 0 Å². The number of carbonyl (C=O) groups is 1. The van der Waals surface area contributed by atoms with Crippen molar-refractivity contribution in [2.45, 2.75) is 33.6 Å². The lowest BCUT2D eigenvalue weighted by atomic mass is 9.92. The predicted molar refractivity (Wildman–Crippen MR) is 102 cm³/mol. The molecule has 0 aliphatic carbocycles. The van der Waals surface area contributed by atoms with Crippen molar-refractivity contribution in [3.63, 3.8) is 0 Å². The third-order valence-corrected chi connectivity index (χ3v) is 4.92. The number of carbonyl (C=O) groups excluding carboxylic acids is 1. The fourth-order valence-electron chi connectivity index (χ4n) is 3.87. The molecule has 0 spiro atoms. The summed E-state index contributed by atoms with van der Waals surface area (Å²) in [5, 5.41) is 7.16. The number of amides is 1. The zero-order valence-electron chi connectivity index (χ0n) is 16.3. The Kier molecular flexibility index (Phi) is 6.21. The maximum absolute atomic E-state index is 13.1. The summed E-state index contributed by atoms with van der Waals surface area (Å²) in [5.41, 5.74) is 0.675. The molecule has 1 amide bonds. The number of benzene rings is 1. The molecule has 0 radical (unpaired) electrons. The molecule has 2 heterocycles. The maximum Gasteiger partial charge on any atom is 0.290 e. The molecule has 1 aromatic heterocycles. The number of hydrogen-bond acceptors (Lipinski definition) is 4. The van der Waals surface area contributed by atoms with Crippen molar-refractivity contribution < 1.29 is 9.18 Å². The van der Waals surface area contributed by atoms with Crippen molar-refractivity contribution in [3.8, 4) is 5.69 Å². The summed E-state index contributed by atoms with van der Waals surface area (Å²) < 4.78 is 14.6. The number of piperidine rings is 1. The SMILES string of the molecule is Cc1nc(C(=O)NCCCN2CC(C)CC(C)C2)nn1-c1ccc(F)cc1. The van der Waals surface area contributed by atoms with Crippen molar-refractivity contribution in [1.29, 1.82) is 0 Å². The van der Waals surface area contributed by atoms with Crippen molar-refractivity contribution in [2.24, 2.45) is 11.8 Å². The minimum atomic E-state index is -0.313. The summed E-state index contributed by atoms with van der Waals surface area (Å²) in [4.78, 5) is 19.0. The molecule has 1 N–H and O–H groups in total. The molecular weight excluding hydrogens is 345 g/mol. The Bertz CT molecular complexity index is 763. The molecule has 2 unspecified atom stereocenters. The molecule has 27 heavy (non-hydrogen) atoms. The standard InChI is InChI=1S/C20H28FN5O/c1-14-11-15(2)13-25(12-14)10-4-9-22-20(27)19-23-16(3)26(24-19)18-7-5-17(21)6-8-18/h5-8,14-15H,4,9-13H2,1-3H3,(H,22,27). The maximum atomic E-state index is 13.1. The minimum absolute atomic E-state index is 0.136.